The molecule has 5 heteroatoms. The largest absolute Gasteiger partial charge is 0.380 e. The van der Waals surface area contributed by atoms with E-state index >= 15 is 0 Å². The van der Waals surface area contributed by atoms with E-state index in [-0.39, 0.29) is 5.69 Å². The van der Waals surface area contributed by atoms with Crippen LogP contribution in [-0.4, -0.2) is 19.8 Å². The second kappa shape index (κ2) is 6.37. The summed E-state index contributed by atoms with van der Waals surface area (Å²) in [5.74, 6) is -3.08. The van der Waals surface area contributed by atoms with Crippen molar-refractivity contribution in [2.45, 2.75) is 13.3 Å². The van der Waals surface area contributed by atoms with Gasteiger partial charge in [0.25, 0.3) is 0 Å². The van der Waals surface area contributed by atoms with E-state index in [2.05, 4.69) is 5.32 Å². The normalized spacial score (nSPS) is 10.5. The maximum absolute atomic E-state index is 13.1. The summed E-state index contributed by atoms with van der Waals surface area (Å²) >= 11 is 0. The molecule has 0 unspecified atom stereocenters. The number of hydrogen-bond donors (Lipinski definition) is 1. The Labute approximate surface area is 92.4 Å². The molecule has 1 aromatic carbocycles. The molecular weight excluding hydrogens is 219 g/mol. The SMILES string of the molecule is CCCOCCNc1cc(F)cc(F)c1F. The number of hydrogen-bond acceptors (Lipinski definition) is 2. The van der Waals surface area contributed by atoms with E-state index in [1.807, 2.05) is 6.92 Å². The average molecular weight is 233 g/mol. The van der Waals surface area contributed by atoms with Gasteiger partial charge in [-0.25, -0.2) is 13.2 Å². The quantitative estimate of drug-likeness (QED) is 0.602. The van der Waals surface area contributed by atoms with Crippen molar-refractivity contribution >= 4 is 5.69 Å². The molecule has 0 spiro atoms. The van der Waals surface area contributed by atoms with Crippen molar-refractivity contribution in [2.24, 2.45) is 0 Å². The topological polar surface area (TPSA) is 21.3 Å². The second-order valence-electron chi connectivity index (χ2n) is 3.29. The lowest BCUT2D eigenvalue weighted by atomic mass is 10.3. The van der Waals surface area contributed by atoms with E-state index in [1.54, 1.807) is 0 Å². The van der Waals surface area contributed by atoms with E-state index in [1.165, 1.54) is 0 Å². The average Bonchev–Trinajstić information content (AvgIpc) is 2.24. The van der Waals surface area contributed by atoms with Gasteiger partial charge in [0.2, 0.25) is 0 Å². The molecule has 1 aromatic rings. The minimum atomic E-state index is -1.20. The summed E-state index contributed by atoms with van der Waals surface area (Å²) in [5, 5.41) is 2.57. The van der Waals surface area contributed by atoms with Gasteiger partial charge < -0.3 is 10.1 Å². The Kier molecular flexibility index (Phi) is 5.11. The molecule has 0 saturated heterocycles. The highest BCUT2D eigenvalue weighted by Gasteiger charge is 2.10. The number of rotatable bonds is 6. The standard InChI is InChI=1S/C11H14F3NO/c1-2-4-16-5-3-15-10-7-8(12)6-9(13)11(10)14/h6-7,15H,2-5H2,1H3. The van der Waals surface area contributed by atoms with Crippen LogP contribution in [0.1, 0.15) is 13.3 Å². The van der Waals surface area contributed by atoms with Crippen LogP contribution in [0.2, 0.25) is 0 Å². The molecule has 0 radical (unpaired) electrons. The van der Waals surface area contributed by atoms with Crippen molar-refractivity contribution in [2.75, 3.05) is 25.1 Å². The third kappa shape index (κ3) is 3.73. The lowest BCUT2D eigenvalue weighted by molar-refractivity contribution is 0.144. The van der Waals surface area contributed by atoms with Crippen LogP contribution < -0.4 is 5.32 Å². The number of halogens is 3. The number of anilines is 1. The first-order chi connectivity index (χ1) is 7.65. The van der Waals surface area contributed by atoms with Crippen LogP contribution in [0.15, 0.2) is 12.1 Å². The highest BCUT2D eigenvalue weighted by molar-refractivity contribution is 5.45. The fourth-order valence-corrected chi connectivity index (χ4v) is 1.19. The van der Waals surface area contributed by atoms with Crippen LogP contribution in [0, 0.1) is 17.5 Å². The Morgan fingerprint density at radius 2 is 1.94 bits per heavy atom. The highest BCUT2D eigenvalue weighted by atomic mass is 19.2. The zero-order chi connectivity index (χ0) is 12.0. The summed E-state index contributed by atoms with van der Waals surface area (Å²) in [6.07, 6.45) is 0.892. The van der Waals surface area contributed by atoms with Crippen molar-refractivity contribution in [1.82, 2.24) is 0 Å². The maximum Gasteiger partial charge on any atom is 0.182 e. The third-order valence-corrected chi connectivity index (χ3v) is 1.90. The second-order valence-corrected chi connectivity index (χ2v) is 3.29. The van der Waals surface area contributed by atoms with E-state index in [0.717, 1.165) is 12.5 Å². The Morgan fingerprint density at radius 1 is 1.19 bits per heavy atom. The molecule has 0 amide bonds. The molecule has 0 aliphatic rings. The third-order valence-electron chi connectivity index (χ3n) is 1.90. The smallest absolute Gasteiger partial charge is 0.182 e. The monoisotopic (exact) mass is 233 g/mol. The fourth-order valence-electron chi connectivity index (χ4n) is 1.19. The summed E-state index contributed by atoms with van der Waals surface area (Å²) in [6.45, 7) is 3.25. The zero-order valence-corrected chi connectivity index (χ0v) is 9.03. The van der Waals surface area contributed by atoms with Gasteiger partial charge in [-0.3, -0.25) is 0 Å². The Balaban J connectivity index is 2.47. The van der Waals surface area contributed by atoms with Crippen LogP contribution in [0.25, 0.3) is 0 Å². The molecule has 0 aromatic heterocycles. The first kappa shape index (κ1) is 12.8. The van der Waals surface area contributed by atoms with Gasteiger partial charge in [0, 0.05) is 25.3 Å². The van der Waals surface area contributed by atoms with E-state index in [0.29, 0.717) is 25.8 Å². The van der Waals surface area contributed by atoms with Gasteiger partial charge in [0.05, 0.1) is 12.3 Å². The summed E-state index contributed by atoms with van der Waals surface area (Å²) in [7, 11) is 0. The summed E-state index contributed by atoms with van der Waals surface area (Å²) < 4.78 is 43.8. The van der Waals surface area contributed by atoms with Crippen LogP contribution in [0.5, 0.6) is 0 Å². The maximum atomic E-state index is 13.1. The molecule has 90 valence electrons. The highest BCUT2D eigenvalue weighted by Crippen LogP contribution is 2.18. The van der Waals surface area contributed by atoms with Gasteiger partial charge in [-0.2, -0.15) is 0 Å². The molecule has 0 fully saturated rings. The van der Waals surface area contributed by atoms with Gasteiger partial charge >= 0.3 is 0 Å². The molecule has 0 aliphatic carbocycles. The Hall–Kier alpha value is -1.23. The number of ether oxygens (including phenoxy) is 1. The minimum Gasteiger partial charge on any atom is -0.380 e. The minimum absolute atomic E-state index is 0.183. The van der Waals surface area contributed by atoms with Crippen LogP contribution in [0.3, 0.4) is 0 Å². The summed E-state index contributed by atoms with van der Waals surface area (Å²) in [6, 6.07) is 1.42. The first-order valence-electron chi connectivity index (χ1n) is 5.11. The van der Waals surface area contributed by atoms with E-state index in [4.69, 9.17) is 4.74 Å². The van der Waals surface area contributed by atoms with Crippen LogP contribution in [-0.2, 0) is 4.74 Å². The van der Waals surface area contributed by atoms with Crippen molar-refractivity contribution in [1.29, 1.82) is 0 Å². The molecule has 16 heavy (non-hydrogen) atoms. The molecule has 0 heterocycles. The van der Waals surface area contributed by atoms with Crippen LogP contribution >= 0.6 is 0 Å². The lowest BCUT2D eigenvalue weighted by Crippen LogP contribution is -2.11. The molecular formula is C11H14F3NO. The summed E-state index contributed by atoms with van der Waals surface area (Å²) in [4.78, 5) is 0. The Morgan fingerprint density at radius 3 is 2.62 bits per heavy atom. The van der Waals surface area contributed by atoms with Crippen molar-refractivity contribution in [3.8, 4) is 0 Å². The molecule has 1 N–H and O–H groups in total. The lowest BCUT2D eigenvalue weighted by Gasteiger charge is -2.08. The molecule has 1 rings (SSSR count). The fraction of sp³-hybridized carbons (Fsp3) is 0.455. The molecule has 0 bridgehead atoms. The van der Waals surface area contributed by atoms with Crippen molar-refractivity contribution < 1.29 is 17.9 Å². The number of benzene rings is 1. The van der Waals surface area contributed by atoms with Gasteiger partial charge in [-0.1, -0.05) is 6.92 Å². The predicted octanol–water partition coefficient (Wildman–Crippen LogP) is 2.94. The van der Waals surface area contributed by atoms with Crippen molar-refractivity contribution in [3.05, 3.63) is 29.6 Å². The Bertz CT molecular complexity index is 344. The zero-order valence-electron chi connectivity index (χ0n) is 9.03. The predicted molar refractivity (Wildman–Crippen MR) is 55.9 cm³/mol. The van der Waals surface area contributed by atoms with Gasteiger partial charge in [-0.05, 0) is 6.42 Å². The van der Waals surface area contributed by atoms with E-state index < -0.39 is 17.5 Å². The van der Waals surface area contributed by atoms with Gasteiger partial charge in [0.15, 0.2) is 11.6 Å². The molecule has 0 saturated carbocycles. The number of nitrogens with one attached hydrogen (secondary N) is 1. The first-order valence-corrected chi connectivity index (χ1v) is 5.11. The summed E-state index contributed by atoms with van der Waals surface area (Å²) in [5.41, 5.74) is -0.183. The molecule has 0 atom stereocenters. The van der Waals surface area contributed by atoms with Gasteiger partial charge in [0.1, 0.15) is 5.82 Å². The van der Waals surface area contributed by atoms with Gasteiger partial charge in [-0.15, -0.1) is 0 Å². The molecule has 2 nitrogen and oxygen atoms in total. The van der Waals surface area contributed by atoms with E-state index in [9.17, 15) is 13.2 Å². The molecule has 0 aliphatic heterocycles. The van der Waals surface area contributed by atoms with Crippen LogP contribution in [0.4, 0.5) is 18.9 Å². The van der Waals surface area contributed by atoms with Crippen molar-refractivity contribution in [3.63, 3.8) is 0 Å².